The Bertz CT molecular complexity index is 1290. The van der Waals surface area contributed by atoms with Gasteiger partial charge in [0.15, 0.2) is 0 Å². The molecule has 3 aromatic rings. The highest BCUT2D eigenvalue weighted by Crippen LogP contribution is 2.55. The fraction of sp³-hybridized carbons (Fsp3) is 0.407. The third-order valence-electron chi connectivity index (χ3n) is 7.90. The van der Waals surface area contributed by atoms with Crippen LogP contribution in [0, 0.1) is 5.92 Å². The predicted octanol–water partition coefficient (Wildman–Crippen LogP) is 5.66. The first-order valence-electron chi connectivity index (χ1n) is 12.2. The number of piperidine rings is 1. The second-order valence-electron chi connectivity index (χ2n) is 9.86. The summed E-state index contributed by atoms with van der Waals surface area (Å²) in [6.07, 6.45) is 4.23. The first kappa shape index (κ1) is 24.4. The number of nitrogens with one attached hydrogen (secondary N) is 2. The molecule has 0 amide bonds. The SMILES string of the molecule is O=C(O)C(F)(F)F.Oc1cc2c(cc1Nc1cccc3cccnc13)C[C@@H]1NCC[C@]23CCCC[C@H]13. The van der Waals surface area contributed by atoms with Gasteiger partial charge in [-0.3, -0.25) is 4.98 Å². The molecule has 0 unspecified atom stereocenters. The van der Waals surface area contributed by atoms with E-state index in [1.54, 1.807) is 0 Å². The number of alkyl halides is 3. The Kier molecular flexibility index (Phi) is 6.28. The number of carboxylic acids is 1. The number of aromatic hydroxyl groups is 1. The number of phenols is 1. The number of benzene rings is 2. The number of halogens is 3. The van der Waals surface area contributed by atoms with Gasteiger partial charge in [0, 0.05) is 23.0 Å². The van der Waals surface area contributed by atoms with E-state index in [4.69, 9.17) is 9.90 Å². The van der Waals surface area contributed by atoms with E-state index in [-0.39, 0.29) is 5.41 Å². The lowest BCUT2D eigenvalue weighted by Crippen LogP contribution is -2.59. The highest BCUT2D eigenvalue weighted by molar-refractivity contribution is 5.92. The summed E-state index contributed by atoms with van der Waals surface area (Å²) < 4.78 is 31.7. The minimum absolute atomic E-state index is 0.263. The summed E-state index contributed by atoms with van der Waals surface area (Å²) in [5.74, 6) is -1.68. The van der Waals surface area contributed by atoms with E-state index in [0.29, 0.717) is 11.8 Å². The van der Waals surface area contributed by atoms with E-state index in [2.05, 4.69) is 39.9 Å². The Morgan fingerprint density at radius 1 is 1.11 bits per heavy atom. The Labute approximate surface area is 206 Å². The quantitative estimate of drug-likeness (QED) is 0.340. The van der Waals surface area contributed by atoms with Crippen LogP contribution in [0.4, 0.5) is 24.5 Å². The van der Waals surface area contributed by atoms with Gasteiger partial charge in [0.1, 0.15) is 5.75 Å². The molecular formula is C27H28F3N3O3. The summed E-state index contributed by atoms with van der Waals surface area (Å²) in [7, 11) is 0. The number of aromatic nitrogens is 1. The van der Waals surface area contributed by atoms with Crippen LogP contribution >= 0.6 is 0 Å². The van der Waals surface area contributed by atoms with E-state index in [9.17, 15) is 18.3 Å². The summed E-state index contributed by atoms with van der Waals surface area (Å²) >= 11 is 0. The van der Waals surface area contributed by atoms with Crippen LogP contribution in [0.5, 0.6) is 5.75 Å². The maximum absolute atomic E-state index is 11.0. The molecule has 6 nitrogen and oxygen atoms in total. The van der Waals surface area contributed by atoms with Crippen molar-refractivity contribution < 1.29 is 28.2 Å². The average molecular weight is 500 g/mol. The first-order valence-corrected chi connectivity index (χ1v) is 12.2. The summed E-state index contributed by atoms with van der Waals surface area (Å²) in [5.41, 5.74) is 5.72. The van der Waals surface area contributed by atoms with Gasteiger partial charge in [0.05, 0.1) is 16.9 Å². The summed E-state index contributed by atoms with van der Waals surface area (Å²) in [5, 5.41) is 26.5. The number of nitrogens with zero attached hydrogens (tertiary/aromatic N) is 1. The van der Waals surface area contributed by atoms with Crippen LogP contribution in [0.2, 0.25) is 0 Å². The predicted molar refractivity (Wildman–Crippen MR) is 131 cm³/mol. The van der Waals surface area contributed by atoms with Crippen molar-refractivity contribution in [2.24, 2.45) is 5.92 Å². The van der Waals surface area contributed by atoms with Crippen molar-refractivity contribution in [1.82, 2.24) is 10.3 Å². The molecule has 9 heteroatoms. The highest BCUT2D eigenvalue weighted by Gasteiger charge is 2.51. The monoisotopic (exact) mass is 499 g/mol. The van der Waals surface area contributed by atoms with Gasteiger partial charge < -0.3 is 20.8 Å². The van der Waals surface area contributed by atoms with Crippen LogP contribution in [0.3, 0.4) is 0 Å². The van der Waals surface area contributed by atoms with Gasteiger partial charge in [-0.05, 0) is 73.5 Å². The molecule has 190 valence electrons. The molecule has 4 N–H and O–H groups in total. The Hall–Kier alpha value is -3.33. The topological polar surface area (TPSA) is 94.5 Å². The van der Waals surface area contributed by atoms with Gasteiger partial charge >= 0.3 is 12.1 Å². The van der Waals surface area contributed by atoms with Crippen LogP contribution < -0.4 is 10.6 Å². The van der Waals surface area contributed by atoms with Crippen LogP contribution in [0.1, 0.15) is 43.2 Å². The van der Waals surface area contributed by atoms with Crippen molar-refractivity contribution in [2.45, 2.75) is 56.2 Å². The minimum Gasteiger partial charge on any atom is -0.506 e. The number of aliphatic carboxylic acids is 1. The van der Waals surface area contributed by atoms with E-state index >= 15 is 0 Å². The number of phenolic OH excluding ortho intramolecular Hbond substituents is 1. The number of carboxylic acid groups (broad SMARTS) is 1. The van der Waals surface area contributed by atoms with Gasteiger partial charge in [-0.25, -0.2) is 4.79 Å². The molecule has 2 fully saturated rings. The number of pyridine rings is 1. The molecule has 1 saturated heterocycles. The molecular weight excluding hydrogens is 471 g/mol. The Morgan fingerprint density at radius 3 is 2.67 bits per heavy atom. The lowest BCUT2D eigenvalue weighted by molar-refractivity contribution is -0.192. The molecule has 1 aliphatic heterocycles. The maximum Gasteiger partial charge on any atom is 0.490 e. The van der Waals surface area contributed by atoms with Gasteiger partial charge in [0.2, 0.25) is 0 Å². The minimum atomic E-state index is -5.08. The summed E-state index contributed by atoms with van der Waals surface area (Å²) in [6, 6.07) is 15.0. The molecule has 36 heavy (non-hydrogen) atoms. The van der Waals surface area contributed by atoms with Crippen LogP contribution in [-0.4, -0.2) is 39.9 Å². The van der Waals surface area contributed by atoms with Crippen molar-refractivity contribution in [1.29, 1.82) is 0 Å². The molecule has 3 atom stereocenters. The molecule has 3 aliphatic rings. The number of hydrogen-bond donors (Lipinski definition) is 4. The molecule has 6 rings (SSSR count). The standard InChI is InChI=1S/C25H27N3O.C2HF3O2/c29-23-15-19-17(13-21-18-7-1-2-9-25(18,19)10-12-26-21)14-22(23)28-20-8-3-5-16-6-4-11-27-24(16)20;3-2(4,5)1(6)7/h3-6,8,11,14-15,18,21,26,28-29H,1-2,7,9-10,12-13H2;(H,6,7)/t18-,21+,25+;/m1./s1. The Balaban J connectivity index is 0.000000338. The van der Waals surface area contributed by atoms with E-state index < -0.39 is 12.1 Å². The van der Waals surface area contributed by atoms with Crippen molar-refractivity contribution in [3.8, 4) is 5.75 Å². The molecule has 2 aromatic carbocycles. The number of hydrogen-bond acceptors (Lipinski definition) is 5. The van der Waals surface area contributed by atoms with E-state index in [1.165, 1.54) is 43.2 Å². The zero-order chi connectivity index (χ0) is 25.5. The van der Waals surface area contributed by atoms with Crippen LogP contribution in [-0.2, 0) is 16.6 Å². The molecule has 0 radical (unpaired) electrons. The van der Waals surface area contributed by atoms with Crippen LogP contribution in [0.15, 0.2) is 48.7 Å². The van der Waals surface area contributed by atoms with Gasteiger partial charge in [-0.2, -0.15) is 13.2 Å². The number of para-hydroxylation sites is 1. The number of rotatable bonds is 2. The molecule has 2 heterocycles. The lowest BCUT2D eigenvalue weighted by atomic mass is 9.53. The fourth-order valence-electron chi connectivity index (χ4n) is 6.42. The summed E-state index contributed by atoms with van der Waals surface area (Å²) in [4.78, 5) is 13.4. The largest absolute Gasteiger partial charge is 0.506 e. The lowest BCUT2D eigenvalue weighted by Gasteiger charge is -2.56. The maximum atomic E-state index is 11.0. The third kappa shape index (κ3) is 4.36. The summed E-state index contributed by atoms with van der Waals surface area (Å²) in [6.45, 7) is 1.10. The second-order valence-corrected chi connectivity index (χ2v) is 9.86. The second kappa shape index (κ2) is 9.28. The van der Waals surface area contributed by atoms with Crippen molar-refractivity contribution >= 4 is 28.2 Å². The Morgan fingerprint density at radius 2 is 1.89 bits per heavy atom. The first-order chi connectivity index (χ1) is 17.2. The van der Waals surface area contributed by atoms with Gasteiger partial charge in [-0.15, -0.1) is 0 Å². The van der Waals surface area contributed by atoms with Gasteiger partial charge in [0.25, 0.3) is 0 Å². The fourth-order valence-corrected chi connectivity index (χ4v) is 6.42. The van der Waals surface area contributed by atoms with Crippen LogP contribution in [0.25, 0.3) is 10.9 Å². The van der Waals surface area contributed by atoms with Crippen molar-refractivity contribution in [3.05, 3.63) is 59.8 Å². The molecule has 2 bridgehead atoms. The van der Waals surface area contributed by atoms with Crippen molar-refractivity contribution in [2.75, 3.05) is 11.9 Å². The van der Waals surface area contributed by atoms with Crippen molar-refractivity contribution in [3.63, 3.8) is 0 Å². The molecule has 1 saturated carbocycles. The van der Waals surface area contributed by atoms with Gasteiger partial charge in [-0.1, -0.05) is 31.0 Å². The van der Waals surface area contributed by atoms with E-state index in [1.807, 2.05) is 24.4 Å². The number of carbonyl (C=O) groups is 1. The van der Waals surface area contributed by atoms with E-state index in [0.717, 1.165) is 41.2 Å². The molecule has 1 aromatic heterocycles. The normalized spacial score (nSPS) is 24.6. The number of fused-ring (bicyclic) bond motifs is 2. The third-order valence-corrected chi connectivity index (χ3v) is 7.90. The zero-order valence-electron chi connectivity index (χ0n) is 19.6. The highest BCUT2D eigenvalue weighted by atomic mass is 19.4. The molecule has 2 aliphatic carbocycles. The smallest absolute Gasteiger partial charge is 0.490 e. The number of anilines is 2. The zero-order valence-corrected chi connectivity index (χ0v) is 19.6. The average Bonchev–Trinajstić information content (AvgIpc) is 2.85. The molecule has 0 spiro atoms.